The Morgan fingerprint density at radius 2 is 1.78 bits per heavy atom. The molecule has 2 aromatic rings. The standard InChI is InChI=1S/C23H24ClN3O5/c1-32-22(30)13-19(15-4-8-17(24)9-5-15)26-20(28)14-25-23(31)16-6-10-18(11-7-16)27-12-2-3-21(27)29/h4-11,19H,2-3,12-14H2,1H3,(H,25,31)(H,26,28)/t19-/m1/s1. The van der Waals surface area contributed by atoms with Gasteiger partial charge in [0.1, 0.15) is 0 Å². The number of halogens is 1. The number of carbonyl (C=O) groups excluding carboxylic acids is 4. The molecule has 0 aliphatic carbocycles. The minimum Gasteiger partial charge on any atom is -0.469 e. The molecule has 0 saturated carbocycles. The van der Waals surface area contributed by atoms with Gasteiger partial charge in [-0.1, -0.05) is 23.7 Å². The second-order valence-electron chi connectivity index (χ2n) is 7.33. The third-order valence-electron chi connectivity index (χ3n) is 5.13. The Kier molecular flexibility index (Phi) is 7.83. The van der Waals surface area contributed by atoms with Crippen molar-refractivity contribution in [3.05, 3.63) is 64.7 Å². The zero-order valence-corrected chi connectivity index (χ0v) is 18.4. The number of anilines is 1. The Hall–Kier alpha value is -3.39. The molecular formula is C23H24ClN3O5. The van der Waals surface area contributed by atoms with Gasteiger partial charge in [0.15, 0.2) is 0 Å². The second-order valence-corrected chi connectivity index (χ2v) is 7.77. The van der Waals surface area contributed by atoms with Crippen LogP contribution in [0.4, 0.5) is 5.69 Å². The van der Waals surface area contributed by atoms with Gasteiger partial charge in [0.05, 0.1) is 26.1 Å². The molecule has 0 unspecified atom stereocenters. The number of benzene rings is 2. The molecular weight excluding hydrogens is 434 g/mol. The number of hydrogen-bond donors (Lipinski definition) is 2. The van der Waals surface area contributed by atoms with Crippen molar-refractivity contribution in [2.45, 2.75) is 25.3 Å². The number of nitrogens with one attached hydrogen (secondary N) is 2. The van der Waals surface area contributed by atoms with Gasteiger partial charge in [0, 0.05) is 29.2 Å². The van der Waals surface area contributed by atoms with E-state index >= 15 is 0 Å². The minimum atomic E-state index is -0.624. The fourth-order valence-corrected chi connectivity index (χ4v) is 3.55. The molecule has 1 atom stereocenters. The lowest BCUT2D eigenvalue weighted by atomic mass is 10.0. The SMILES string of the molecule is COC(=O)C[C@@H](NC(=O)CNC(=O)c1ccc(N2CCCC2=O)cc1)c1ccc(Cl)cc1. The zero-order chi connectivity index (χ0) is 23.1. The summed E-state index contributed by atoms with van der Waals surface area (Å²) in [6.45, 7) is 0.404. The van der Waals surface area contributed by atoms with Crippen molar-refractivity contribution in [1.29, 1.82) is 0 Å². The number of methoxy groups -OCH3 is 1. The molecule has 9 heteroatoms. The predicted molar refractivity (Wildman–Crippen MR) is 119 cm³/mol. The van der Waals surface area contributed by atoms with Crippen molar-refractivity contribution >= 4 is 41.0 Å². The fraction of sp³-hybridized carbons (Fsp3) is 0.304. The van der Waals surface area contributed by atoms with Gasteiger partial charge in [0.2, 0.25) is 11.8 Å². The molecule has 3 rings (SSSR count). The third kappa shape index (κ3) is 6.07. The van der Waals surface area contributed by atoms with Crippen LogP contribution < -0.4 is 15.5 Å². The van der Waals surface area contributed by atoms with E-state index in [-0.39, 0.29) is 18.9 Å². The Balaban J connectivity index is 1.57. The maximum absolute atomic E-state index is 12.4. The number of esters is 1. The summed E-state index contributed by atoms with van der Waals surface area (Å²) in [4.78, 5) is 50.1. The Labute approximate surface area is 190 Å². The zero-order valence-electron chi connectivity index (χ0n) is 17.6. The minimum absolute atomic E-state index is 0.0610. The first-order chi connectivity index (χ1) is 15.4. The number of nitrogens with zero attached hydrogens (tertiary/aromatic N) is 1. The normalized spacial score (nSPS) is 14.1. The molecule has 0 bridgehead atoms. The Bertz CT molecular complexity index is 992. The molecule has 2 N–H and O–H groups in total. The Morgan fingerprint density at radius 1 is 1.09 bits per heavy atom. The van der Waals surface area contributed by atoms with Gasteiger partial charge in [-0.05, 0) is 48.4 Å². The molecule has 1 aliphatic rings. The molecule has 1 heterocycles. The number of rotatable bonds is 8. The van der Waals surface area contributed by atoms with E-state index in [9.17, 15) is 19.2 Å². The van der Waals surface area contributed by atoms with Gasteiger partial charge in [-0.2, -0.15) is 0 Å². The molecule has 1 aliphatic heterocycles. The summed E-state index contributed by atoms with van der Waals surface area (Å²) in [5, 5.41) is 5.83. The molecule has 8 nitrogen and oxygen atoms in total. The largest absolute Gasteiger partial charge is 0.469 e. The van der Waals surface area contributed by atoms with Crippen molar-refractivity contribution in [2.24, 2.45) is 0 Å². The van der Waals surface area contributed by atoms with E-state index < -0.39 is 23.8 Å². The van der Waals surface area contributed by atoms with Gasteiger partial charge >= 0.3 is 5.97 Å². The number of carbonyl (C=O) groups is 4. The molecule has 0 aromatic heterocycles. The van der Waals surface area contributed by atoms with E-state index in [0.717, 1.165) is 12.1 Å². The fourth-order valence-electron chi connectivity index (χ4n) is 3.42. The summed E-state index contributed by atoms with van der Waals surface area (Å²) in [5.74, 6) is -1.29. The van der Waals surface area contributed by atoms with Crippen molar-refractivity contribution in [1.82, 2.24) is 10.6 Å². The van der Waals surface area contributed by atoms with Crippen LogP contribution in [-0.2, 0) is 19.1 Å². The monoisotopic (exact) mass is 457 g/mol. The van der Waals surface area contributed by atoms with Gasteiger partial charge in [-0.3, -0.25) is 19.2 Å². The summed E-state index contributed by atoms with van der Waals surface area (Å²) < 4.78 is 4.71. The van der Waals surface area contributed by atoms with E-state index in [2.05, 4.69) is 10.6 Å². The van der Waals surface area contributed by atoms with Gasteiger partial charge in [-0.15, -0.1) is 0 Å². The smallest absolute Gasteiger partial charge is 0.307 e. The lowest BCUT2D eigenvalue weighted by molar-refractivity contribution is -0.141. The molecule has 32 heavy (non-hydrogen) atoms. The average Bonchev–Trinajstić information content (AvgIpc) is 3.23. The van der Waals surface area contributed by atoms with Crippen LogP contribution in [0.15, 0.2) is 48.5 Å². The summed E-state index contributed by atoms with van der Waals surface area (Å²) in [5.41, 5.74) is 1.80. The van der Waals surface area contributed by atoms with E-state index in [1.54, 1.807) is 53.4 Å². The molecule has 1 saturated heterocycles. The molecule has 3 amide bonds. The maximum Gasteiger partial charge on any atom is 0.307 e. The van der Waals surface area contributed by atoms with Crippen LogP contribution in [0.1, 0.15) is 41.2 Å². The highest BCUT2D eigenvalue weighted by atomic mass is 35.5. The van der Waals surface area contributed by atoms with Gasteiger partial charge in [0.25, 0.3) is 5.91 Å². The average molecular weight is 458 g/mol. The van der Waals surface area contributed by atoms with E-state index in [4.69, 9.17) is 16.3 Å². The van der Waals surface area contributed by atoms with Crippen LogP contribution >= 0.6 is 11.6 Å². The number of ether oxygens (including phenoxy) is 1. The molecule has 0 spiro atoms. The van der Waals surface area contributed by atoms with E-state index in [1.807, 2.05) is 0 Å². The molecule has 0 radical (unpaired) electrons. The summed E-state index contributed by atoms with van der Waals surface area (Å²) in [6.07, 6.45) is 1.29. The predicted octanol–water partition coefficient (Wildman–Crippen LogP) is 2.62. The van der Waals surface area contributed by atoms with Crippen LogP contribution in [0.5, 0.6) is 0 Å². The molecule has 168 valence electrons. The van der Waals surface area contributed by atoms with Crippen LogP contribution in [0.25, 0.3) is 0 Å². The van der Waals surface area contributed by atoms with E-state index in [1.165, 1.54) is 7.11 Å². The molecule has 2 aromatic carbocycles. The lowest BCUT2D eigenvalue weighted by Gasteiger charge is -2.19. The number of hydrogen-bond acceptors (Lipinski definition) is 5. The second kappa shape index (κ2) is 10.8. The van der Waals surface area contributed by atoms with Crippen molar-refractivity contribution < 1.29 is 23.9 Å². The summed E-state index contributed by atoms with van der Waals surface area (Å²) >= 11 is 5.91. The quantitative estimate of drug-likeness (QED) is 0.593. The first-order valence-electron chi connectivity index (χ1n) is 10.2. The van der Waals surface area contributed by atoms with Crippen LogP contribution in [-0.4, -0.2) is 43.9 Å². The Morgan fingerprint density at radius 3 is 2.38 bits per heavy atom. The van der Waals surface area contributed by atoms with E-state index in [0.29, 0.717) is 29.1 Å². The summed E-state index contributed by atoms with van der Waals surface area (Å²) in [7, 11) is 1.27. The highest BCUT2D eigenvalue weighted by Gasteiger charge is 2.22. The summed E-state index contributed by atoms with van der Waals surface area (Å²) in [6, 6.07) is 12.8. The van der Waals surface area contributed by atoms with Crippen molar-refractivity contribution in [3.63, 3.8) is 0 Å². The van der Waals surface area contributed by atoms with Crippen molar-refractivity contribution in [2.75, 3.05) is 25.1 Å². The highest BCUT2D eigenvalue weighted by molar-refractivity contribution is 6.30. The van der Waals surface area contributed by atoms with Crippen LogP contribution in [0, 0.1) is 0 Å². The van der Waals surface area contributed by atoms with Crippen LogP contribution in [0.2, 0.25) is 5.02 Å². The van der Waals surface area contributed by atoms with Gasteiger partial charge in [-0.25, -0.2) is 0 Å². The van der Waals surface area contributed by atoms with Crippen molar-refractivity contribution in [3.8, 4) is 0 Å². The molecule has 1 fully saturated rings. The first kappa shape index (κ1) is 23.3. The third-order valence-corrected chi connectivity index (χ3v) is 5.38. The maximum atomic E-state index is 12.4. The highest BCUT2D eigenvalue weighted by Crippen LogP contribution is 2.22. The number of amides is 3. The van der Waals surface area contributed by atoms with Crippen LogP contribution in [0.3, 0.4) is 0 Å². The topological polar surface area (TPSA) is 105 Å². The lowest BCUT2D eigenvalue weighted by Crippen LogP contribution is -2.39. The first-order valence-corrected chi connectivity index (χ1v) is 10.6. The van der Waals surface area contributed by atoms with Gasteiger partial charge < -0.3 is 20.3 Å².